The summed E-state index contributed by atoms with van der Waals surface area (Å²) in [5, 5.41) is 0. The molecule has 3 aromatic rings. The molecular formula is C13H8BrF3N4. The second-order valence-electron chi connectivity index (χ2n) is 4.41. The number of pyridine rings is 1. The van der Waals surface area contributed by atoms with Crippen molar-refractivity contribution in [1.29, 1.82) is 0 Å². The topological polar surface area (TPSA) is 67.6 Å². The molecule has 3 N–H and O–H groups in total. The average Bonchev–Trinajstić information content (AvgIpc) is 2.80. The number of aromatic nitrogens is 3. The summed E-state index contributed by atoms with van der Waals surface area (Å²) in [4.78, 5) is 11.3. The number of rotatable bonds is 1. The van der Waals surface area contributed by atoms with Gasteiger partial charge in [0.2, 0.25) is 0 Å². The standard InChI is InChI=1S/C13H8BrF3N4/c14-7-4-10-12(19-5-7)21-11(20-10)8-2-1-6(3-9(8)18)13(15,16)17/h1-5H,18H2,(H,19,20,21). The van der Waals surface area contributed by atoms with Crippen molar-refractivity contribution in [1.82, 2.24) is 15.0 Å². The number of nitrogens with two attached hydrogens (primary N) is 1. The first kappa shape index (κ1) is 13.9. The molecule has 0 saturated heterocycles. The molecule has 0 radical (unpaired) electrons. The van der Waals surface area contributed by atoms with Crippen LogP contribution in [0.5, 0.6) is 0 Å². The maximum atomic E-state index is 12.6. The Balaban J connectivity index is 2.10. The van der Waals surface area contributed by atoms with Gasteiger partial charge in [0.1, 0.15) is 5.82 Å². The van der Waals surface area contributed by atoms with E-state index in [1.54, 1.807) is 12.3 Å². The van der Waals surface area contributed by atoms with Crippen molar-refractivity contribution in [2.24, 2.45) is 0 Å². The number of nitrogens with zero attached hydrogens (tertiary/aromatic N) is 2. The molecule has 0 amide bonds. The van der Waals surface area contributed by atoms with Crippen LogP contribution in [0.15, 0.2) is 34.9 Å². The van der Waals surface area contributed by atoms with Crippen LogP contribution < -0.4 is 5.73 Å². The first-order chi connectivity index (χ1) is 9.84. The minimum absolute atomic E-state index is 0.00273. The van der Waals surface area contributed by atoms with Gasteiger partial charge in [-0.25, -0.2) is 9.97 Å². The summed E-state index contributed by atoms with van der Waals surface area (Å²) in [7, 11) is 0. The molecule has 0 aliphatic carbocycles. The molecule has 0 atom stereocenters. The monoisotopic (exact) mass is 356 g/mol. The summed E-state index contributed by atoms with van der Waals surface area (Å²) in [6.07, 6.45) is -2.84. The van der Waals surface area contributed by atoms with E-state index in [0.717, 1.165) is 16.6 Å². The fourth-order valence-corrected chi connectivity index (χ4v) is 2.29. The number of anilines is 1. The Morgan fingerprint density at radius 2 is 1.95 bits per heavy atom. The van der Waals surface area contributed by atoms with Crippen molar-refractivity contribution < 1.29 is 13.2 Å². The van der Waals surface area contributed by atoms with Crippen molar-refractivity contribution in [2.45, 2.75) is 6.18 Å². The number of hydrogen-bond acceptors (Lipinski definition) is 3. The van der Waals surface area contributed by atoms with Crippen LogP contribution in [0.2, 0.25) is 0 Å². The molecule has 3 rings (SSSR count). The van der Waals surface area contributed by atoms with E-state index in [-0.39, 0.29) is 5.69 Å². The van der Waals surface area contributed by atoms with Crippen LogP contribution in [0.1, 0.15) is 5.56 Å². The highest BCUT2D eigenvalue weighted by Gasteiger charge is 2.31. The number of hydrogen-bond donors (Lipinski definition) is 2. The number of H-pyrrole nitrogens is 1. The predicted molar refractivity (Wildman–Crippen MR) is 76.4 cm³/mol. The second kappa shape index (κ2) is 4.73. The van der Waals surface area contributed by atoms with Crippen LogP contribution in [0.25, 0.3) is 22.6 Å². The van der Waals surface area contributed by atoms with Gasteiger partial charge in [-0.2, -0.15) is 13.2 Å². The largest absolute Gasteiger partial charge is 0.416 e. The quantitative estimate of drug-likeness (QED) is 0.647. The van der Waals surface area contributed by atoms with Crippen LogP contribution in [0, 0.1) is 0 Å². The number of benzene rings is 1. The van der Waals surface area contributed by atoms with E-state index in [1.165, 1.54) is 6.07 Å². The van der Waals surface area contributed by atoms with E-state index in [4.69, 9.17) is 5.73 Å². The van der Waals surface area contributed by atoms with E-state index < -0.39 is 11.7 Å². The number of nitrogens with one attached hydrogen (secondary N) is 1. The maximum absolute atomic E-state index is 12.6. The zero-order valence-corrected chi connectivity index (χ0v) is 12.0. The Hall–Kier alpha value is -2.09. The zero-order valence-electron chi connectivity index (χ0n) is 10.4. The molecule has 2 heterocycles. The lowest BCUT2D eigenvalue weighted by atomic mass is 10.1. The molecule has 21 heavy (non-hydrogen) atoms. The second-order valence-corrected chi connectivity index (χ2v) is 5.33. The number of halogens is 4. The highest BCUT2D eigenvalue weighted by Crippen LogP contribution is 2.34. The van der Waals surface area contributed by atoms with E-state index in [9.17, 15) is 13.2 Å². The molecule has 0 fully saturated rings. The van der Waals surface area contributed by atoms with Gasteiger partial charge >= 0.3 is 6.18 Å². The third-order valence-corrected chi connectivity index (χ3v) is 3.37. The van der Waals surface area contributed by atoms with Crippen molar-refractivity contribution >= 4 is 32.8 Å². The van der Waals surface area contributed by atoms with Gasteiger partial charge in [-0.15, -0.1) is 0 Å². The van der Waals surface area contributed by atoms with Crippen LogP contribution in [0.4, 0.5) is 18.9 Å². The van der Waals surface area contributed by atoms with Gasteiger partial charge in [0, 0.05) is 21.9 Å². The molecule has 8 heteroatoms. The van der Waals surface area contributed by atoms with Crippen LogP contribution >= 0.6 is 15.9 Å². The van der Waals surface area contributed by atoms with Gasteiger partial charge in [0.05, 0.1) is 11.1 Å². The SMILES string of the molecule is Nc1cc(C(F)(F)F)ccc1-c1nc2ncc(Br)cc2[nH]1. The number of fused-ring (bicyclic) bond motifs is 1. The Labute approximate surface area is 125 Å². The van der Waals surface area contributed by atoms with Gasteiger partial charge < -0.3 is 10.7 Å². The molecule has 0 aliphatic heterocycles. The van der Waals surface area contributed by atoms with E-state index >= 15 is 0 Å². The lowest BCUT2D eigenvalue weighted by molar-refractivity contribution is -0.137. The summed E-state index contributed by atoms with van der Waals surface area (Å²) in [5.74, 6) is 0.377. The highest BCUT2D eigenvalue weighted by atomic mass is 79.9. The third kappa shape index (κ3) is 2.58. The van der Waals surface area contributed by atoms with Gasteiger partial charge in [-0.1, -0.05) is 0 Å². The van der Waals surface area contributed by atoms with Gasteiger partial charge in [0.15, 0.2) is 5.65 Å². The Bertz CT molecular complexity index is 826. The number of alkyl halides is 3. The summed E-state index contributed by atoms with van der Waals surface area (Å²) < 4.78 is 38.6. The number of aromatic amines is 1. The molecule has 4 nitrogen and oxygen atoms in total. The van der Waals surface area contributed by atoms with Gasteiger partial charge in [0.25, 0.3) is 0 Å². The molecule has 0 unspecified atom stereocenters. The van der Waals surface area contributed by atoms with Crippen molar-refractivity contribution in [3.63, 3.8) is 0 Å². The van der Waals surface area contributed by atoms with E-state index in [2.05, 4.69) is 30.9 Å². The van der Waals surface area contributed by atoms with Crippen LogP contribution in [0.3, 0.4) is 0 Å². The van der Waals surface area contributed by atoms with Crippen molar-refractivity contribution in [3.8, 4) is 11.4 Å². The highest BCUT2D eigenvalue weighted by molar-refractivity contribution is 9.10. The first-order valence-electron chi connectivity index (χ1n) is 5.83. The number of imidazole rings is 1. The zero-order chi connectivity index (χ0) is 15.2. The van der Waals surface area contributed by atoms with E-state index in [0.29, 0.717) is 22.6 Å². The van der Waals surface area contributed by atoms with Crippen molar-refractivity contribution in [2.75, 3.05) is 5.73 Å². The van der Waals surface area contributed by atoms with E-state index in [1.807, 2.05) is 0 Å². The molecule has 0 aliphatic rings. The molecule has 0 bridgehead atoms. The van der Waals surface area contributed by atoms with Crippen molar-refractivity contribution in [3.05, 3.63) is 40.5 Å². The molecule has 108 valence electrons. The lowest BCUT2D eigenvalue weighted by Gasteiger charge is -2.09. The minimum Gasteiger partial charge on any atom is -0.398 e. The average molecular weight is 357 g/mol. The maximum Gasteiger partial charge on any atom is 0.416 e. The Morgan fingerprint density at radius 1 is 1.19 bits per heavy atom. The third-order valence-electron chi connectivity index (χ3n) is 2.94. The normalized spacial score (nSPS) is 12.0. The molecule has 0 spiro atoms. The fraction of sp³-hybridized carbons (Fsp3) is 0.0769. The summed E-state index contributed by atoms with van der Waals surface area (Å²) >= 11 is 3.28. The number of nitrogen functional groups attached to an aromatic ring is 1. The molecule has 2 aromatic heterocycles. The lowest BCUT2D eigenvalue weighted by Crippen LogP contribution is -2.06. The minimum atomic E-state index is -4.42. The molecule has 0 saturated carbocycles. The van der Waals surface area contributed by atoms with Crippen LogP contribution in [-0.2, 0) is 6.18 Å². The predicted octanol–water partition coefficient (Wildman–Crippen LogP) is 3.99. The summed E-state index contributed by atoms with van der Waals surface area (Å²) in [6, 6.07) is 4.94. The van der Waals surface area contributed by atoms with Gasteiger partial charge in [-0.3, -0.25) is 0 Å². The van der Waals surface area contributed by atoms with Crippen LogP contribution in [-0.4, -0.2) is 15.0 Å². The Morgan fingerprint density at radius 3 is 2.62 bits per heavy atom. The Kier molecular flexibility index (Phi) is 3.12. The summed E-state index contributed by atoms with van der Waals surface area (Å²) in [6.45, 7) is 0. The fourth-order valence-electron chi connectivity index (χ4n) is 1.96. The molecule has 1 aromatic carbocycles. The smallest absolute Gasteiger partial charge is 0.398 e. The summed E-state index contributed by atoms with van der Waals surface area (Å²) in [5.41, 5.74) is 6.45. The molecular weight excluding hydrogens is 349 g/mol. The first-order valence-corrected chi connectivity index (χ1v) is 6.62. The van der Waals surface area contributed by atoms with Gasteiger partial charge in [-0.05, 0) is 40.2 Å².